The number of aliphatic hydroxyl groups excluding tert-OH is 1. The molecule has 0 fully saturated rings. The highest BCUT2D eigenvalue weighted by molar-refractivity contribution is 7.09. The van der Waals surface area contributed by atoms with E-state index in [4.69, 9.17) is 0 Å². The van der Waals surface area contributed by atoms with Gasteiger partial charge in [-0.25, -0.2) is 0 Å². The van der Waals surface area contributed by atoms with Gasteiger partial charge in [-0.3, -0.25) is 4.98 Å². The number of hydrogen-bond donors (Lipinski definition) is 1. The Hall–Kier alpha value is -1.71. The average Bonchev–Trinajstić information content (AvgIpc) is 2.91. The standard InChI is InChI=1S/C15H13NOS/c17-15(8-12-9-16-10-18-12)14-7-3-5-11-4-1-2-6-13(11)14/h1-7,9-10,15,17H,8H2. The van der Waals surface area contributed by atoms with Crippen molar-refractivity contribution in [2.24, 2.45) is 0 Å². The van der Waals surface area contributed by atoms with Gasteiger partial charge in [-0.2, -0.15) is 0 Å². The van der Waals surface area contributed by atoms with Gasteiger partial charge in [-0.1, -0.05) is 42.5 Å². The molecular formula is C15H13NOS. The summed E-state index contributed by atoms with van der Waals surface area (Å²) < 4.78 is 0. The van der Waals surface area contributed by atoms with Crippen LogP contribution in [-0.4, -0.2) is 10.1 Å². The molecule has 0 bridgehead atoms. The average molecular weight is 255 g/mol. The second kappa shape index (κ2) is 4.88. The highest BCUT2D eigenvalue weighted by Gasteiger charge is 2.12. The van der Waals surface area contributed by atoms with Gasteiger partial charge in [0.15, 0.2) is 0 Å². The summed E-state index contributed by atoms with van der Waals surface area (Å²) >= 11 is 1.58. The molecule has 0 amide bonds. The number of rotatable bonds is 3. The minimum Gasteiger partial charge on any atom is -0.388 e. The molecule has 1 N–H and O–H groups in total. The van der Waals surface area contributed by atoms with Crippen LogP contribution in [0.25, 0.3) is 10.8 Å². The lowest BCUT2D eigenvalue weighted by Gasteiger charge is -2.12. The lowest BCUT2D eigenvalue weighted by Crippen LogP contribution is -2.01. The van der Waals surface area contributed by atoms with Crippen molar-refractivity contribution < 1.29 is 5.11 Å². The van der Waals surface area contributed by atoms with E-state index in [1.807, 2.05) is 30.5 Å². The summed E-state index contributed by atoms with van der Waals surface area (Å²) in [6.07, 6.45) is 1.97. The predicted molar refractivity (Wildman–Crippen MR) is 74.7 cm³/mol. The first kappa shape index (κ1) is 11.4. The second-order valence-corrected chi connectivity index (χ2v) is 5.23. The van der Waals surface area contributed by atoms with Crippen molar-refractivity contribution in [1.82, 2.24) is 4.98 Å². The number of nitrogens with zero attached hydrogens (tertiary/aromatic N) is 1. The summed E-state index contributed by atoms with van der Waals surface area (Å²) in [6.45, 7) is 0. The number of thiazole rings is 1. The van der Waals surface area contributed by atoms with Crippen molar-refractivity contribution in [3.8, 4) is 0 Å². The third kappa shape index (κ3) is 2.15. The van der Waals surface area contributed by atoms with Gasteiger partial charge in [0.05, 0.1) is 11.6 Å². The zero-order valence-corrected chi connectivity index (χ0v) is 10.6. The van der Waals surface area contributed by atoms with Crippen LogP contribution in [0.4, 0.5) is 0 Å². The Morgan fingerprint density at radius 3 is 2.78 bits per heavy atom. The maximum absolute atomic E-state index is 10.4. The third-order valence-corrected chi connectivity index (χ3v) is 3.86. The number of aliphatic hydroxyl groups is 1. The molecule has 1 heterocycles. The molecule has 90 valence electrons. The number of hydrogen-bond acceptors (Lipinski definition) is 3. The van der Waals surface area contributed by atoms with E-state index in [1.165, 1.54) is 5.39 Å². The van der Waals surface area contributed by atoms with Gasteiger partial charge in [-0.15, -0.1) is 11.3 Å². The van der Waals surface area contributed by atoms with Crippen LogP contribution in [0, 0.1) is 0 Å². The highest BCUT2D eigenvalue weighted by Crippen LogP contribution is 2.27. The SMILES string of the molecule is OC(Cc1cncs1)c1cccc2ccccc12. The van der Waals surface area contributed by atoms with E-state index < -0.39 is 6.10 Å². The summed E-state index contributed by atoms with van der Waals surface area (Å²) in [7, 11) is 0. The summed E-state index contributed by atoms with van der Waals surface area (Å²) in [6, 6.07) is 14.2. The maximum atomic E-state index is 10.4. The van der Waals surface area contributed by atoms with E-state index in [9.17, 15) is 5.11 Å². The first-order chi connectivity index (χ1) is 8.84. The summed E-state index contributed by atoms with van der Waals surface area (Å²) in [5.41, 5.74) is 2.78. The Labute approximate surface area is 110 Å². The predicted octanol–water partition coefficient (Wildman–Crippen LogP) is 3.57. The van der Waals surface area contributed by atoms with Gasteiger partial charge >= 0.3 is 0 Å². The van der Waals surface area contributed by atoms with Crippen LogP contribution in [0.15, 0.2) is 54.2 Å². The van der Waals surface area contributed by atoms with Crippen LogP contribution < -0.4 is 0 Å². The van der Waals surface area contributed by atoms with Crippen molar-refractivity contribution >= 4 is 22.1 Å². The monoisotopic (exact) mass is 255 g/mol. The van der Waals surface area contributed by atoms with E-state index in [1.54, 1.807) is 16.8 Å². The molecule has 2 aromatic carbocycles. The Bertz CT molecular complexity index is 643. The molecule has 0 radical (unpaired) electrons. The molecular weight excluding hydrogens is 242 g/mol. The van der Waals surface area contributed by atoms with E-state index in [2.05, 4.69) is 23.2 Å². The van der Waals surface area contributed by atoms with Gasteiger partial charge in [0, 0.05) is 17.5 Å². The smallest absolute Gasteiger partial charge is 0.0844 e. The number of benzene rings is 2. The van der Waals surface area contributed by atoms with Crippen LogP contribution >= 0.6 is 11.3 Å². The van der Waals surface area contributed by atoms with Gasteiger partial charge in [-0.05, 0) is 16.3 Å². The molecule has 1 atom stereocenters. The van der Waals surface area contributed by atoms with Crippen molar-refractivity contribution in [2.75, 3.05) is 0 Å². The lowest BCUT2D eigenvalue weighted by atomic mass is 9.98. The Kier molecular flexibility index (Phi) is 3.09. The van der Waals surface area contributed by atoms with Crippen molar-refractivity contribution in [3.05, 3.63) is 64.6 Å². The molecule has 0 aliphatic heterocycles. The van der Waals surface area contributed by atoms with E-state index >= 15 is 0 Å². The number of aromatic nitrogens is 1. The molecule has 18 heavy (non-hydrogen) atoms. The molecule has 3 rings (SSSR count). The Morgan fingerprint density at radius 1 is 1.11 bits per heavy atom. The van der Waals surface area contributed by atoms with E-state index in [0.717, 1.165) is 15.8 Å². The van der Waals surface area contributed by atoms with E-state index in [-0.39, 0.29) is 0 Å². The summed E-state index contributed by atoms with van der Waals surface area (Å²) in [4.78, 5) is 5.15. The van der Waals surface area contributed by atoms with Gasteiger partial charge < -0.3 is 5.11 Å². The molecule has 0 saturated carbocycles. The van der Waals surface area contributed by atoms with Crippen molar-refractivity contribution in [2.45, 2.75) is 12.5 Å². The quantitative estimate of drug-likeness (QED) is 0.776. The summed E-state index contributed by atoms with van der Waals surface area (Å²) in [5.74, 6) is 0. The van der Waals surface area contributed by atoms with Gasteiger partial charge in [0.1, 0.15) is 0 Å². The molecule has 0 aliphatic rings. The Balaban J connectivity index is 1.98. The van der Waals surface area contributed by atoms with Crippen LogP contribution in [0.5, 0.6) is 0 Å². The molecule has 0 aliphatic carbocycles. The fourth-order valence-electron chi connectivity index (χ4n) is 2.18. The molecule has 1 unspecified atom stereocenters. The minimum absolute atomic E-state index is 0.475. The molecule has 0 saturated heterocycles. The second-order valence-electron chi connectivity index (χ2n) is 4.26. The molecule has 3 heteroatoms. The van der Waals surface area contributed by atoms with Crippen LogP contribution in [0.2, 0.25) is 0 Å². The zero-order chi connectivity index (χ0) is 12.4. The topological polar surface area (TPSA) is 33.1 Å². The fraction of sp³-hybridized carbons (Fsp3) is 0.133. The number of fused-ring (bicyclic) bond motifs is 1. The highest BCUT2D eigenvalue weighted by atomic mass is 32.1. The van der Waals surface area contributed by atoms with Crippen LogP contribution in [0.1, 0.15) is 16.5 Å². The normalized spacial score (nSPS) is 12.7. The minimum atomic E-state index is -0.475. The third-order valence-electron chi connectivity index (χ3n) is 3.06. The van der Waals surface area contributed by atoms with Crippen molar-refractivity contribution in [1.29, 1.82) is 0 Å². The van der Waals surface area contributed by atoms with Crippen LogP contribution in [0.3, 0.4) is 0 Å². The van der Waals surface area contributed by atoms with Gasteiger partial charge in [0.25, 0.3) is 0 Å². The zero-order valence-electron chi connectivity index (χ0n) is 9.78. The molecule has 0 spiro atoms. The fourth-order valence-corrected chi connectivity index (χ4v) is 2.82. The molecule has 2 nitrogen and oxygen atoms in total. The Morgan fingerprint density at radius 2 is 1.94 bits per heavy atom. The van der Waals surface area contributed by atoms with Gasteiger partial charge in [0.2, 0.25) is 0 Å². The van der Waals surface area contributed by atoms with Crippen molar-refractivity contribution in [3.63, 3.8) is 0 Å². The van der Waals surface area contributed by atoms with Crippen LogP contribution in [-0.2, 0) is 6.42 Å². The molecule has 1 aromatic heterocycles. The molecule has 3 aromatic rings. The first-order valence-corrected chi connectivity index (χ1v) is 6.75. The lowest BCUT2D eigenvalue weighted by molar-refractivity contribution is 0.181. The summed E-state index contributed by atoms with van der Waals surface area (Å²) in [5, 5.41) is 12.7. The largest absolute Gasteiger partial charge is 0.388 e. The van der Waals surface area contributed by atoms with E-state index in [0.29, 0.717) is 6.42 Å². The maximum Gasteiger partial charge on any atom is 0.0844 e. The first-order valence-electron chi connectivity index (χ1n) is 5.87.